The molecule has 0 unspecified atom stereocenters. The number of benzene rings is 1. The summed E-state index contributed by atoms with van der Waals surface area (Å²) in [4.78, 5) is 11.3. The van der Waals surface area contributed by atoms with Crippen LogP contribution in [-0.4, -0.2) is 26.2 Å². The third-order valence-corrected chi connectivity index (χ3v) is 2.43. The predicted octanol–water partition coefficient (Wildman–Crippen LogP) is 2.22. The molecule has 1 rings (SSSR count). The first-order valence-corrected chi connectivity index (χ1v) is 5.72. The highest BCUT2D eigenvalue weighted by Crippen LogP contribution is 2.11. The normalized spacial score (nSPS) is 10.6. The van der Waals surface area contributed by atoms with Gasteiger partial charge in [0.2, 0.25) is 5.91 Å². The zero-order chi connectivity index (χ0) is 11.8. The standard InChI is InChI=1S/C12H14BrNO2/c1-16-9-8-14-12(15)7-4-10-2-5-11(13)6-3-10/h2-7H,8-9H2,1H3,(H,14,15)/b7-4+. The SMILES string of the molecule is COCCNC(=O)/C=C/c1ccc(Br)cc1. The van der Waals surface area contributed by atoms with E-state index in [1.54, 1.807) is 13.2 Å². The number of rotatable bonds is 5. The van der Waals surface area contributed by atoms with Crippen molar-refractivity contribution in [1.82, 2.24) is 5.32 Å². The average Bonchev–Trinajstić information content (AvgIpc) is 2.29. The lowest BCUT2D eigenvalue weighted by atomic mass is 10.2. The molecule has 0 radical (unpaired) electrons. The van der Waals surface area contributed by atoms with Crippen LogP contribution in [0.4, 0.5) is 0 Å². The molecule has 16 heavy (non-hydrogen) atoms. The lowest BCUT2D eigenvalue weighted by Crippen LogP contribution is -2.24. The monoisotopic (exact) mass is 283 g/mol. The third-order valence-electron chi connectivity index (χ3n) is 1.90. The van der Waals surface area contributed by atoms with E-state index >= 15 is 0 Å². The molecule has 0 spiro atoms. The zero-order valence-corrected chi connectivity index (χ0v) is 10.7. The molecule has 0 saturated heterocycles. The summed E-state index contributed by atoms with van der Waals surface area (Å²) in [7, 11) is 1.60. The maximum absolute atomic E-state index is 11.3. The molecule has 0 aliphatic heterocycles. The smallest absolute Gasteiger partial charge is 0.244 e. The van der Waals surface area contributed by atoms with Crippen molar-refractivity contribution in [3.63, 3.8) is 0 Å². The van der Waals surface area contributed by atoms with Crippen LogP contribution in [0, 0.1) is 0 Å². The molecule has 0 fully saturated rings. The van der Waals surface area contributed by atoms with E-state index in [4.69, 9.17) is 4.74 Å². The van der Waals surface area contributed by atoms with E-state index < -0.39 is 0 Å². The molecule has 0 atom stereocenters. The zero-order valence-electron chi connectivity index (χ0n) is 9.07. The average molecular weight is 284 g/mol. The molecule has 1 aromatic carbocycles. The quantitative estimate of drug-likeness (QED) is 0.665. The topological polar surface area (TPSA) is 38.3 Å². The second-order valence-electron chi connectivity index (χ2n) is 3.17. The highest BCUT2D eigenvalue weighted by atomic mass is 79.9. The second kappa shape index (κ2) is 7.19. The van der Waals surface area contributed by atoms with Crippen LogP contribution in [0.3, 0.4) is 0 Å². The second-order valence-corrected chi connectivity index (χ2v) is 4.08. The van der Waals surface area contributed by atoms with Gasteiger partial charge < -0.3 is 10.1 Å². The maximum atomic E-state index is 11.3. The minimum absolute atomic E-state index is 0.111. The number of carbonyl (C=O) groups excluding carboxylic acids is 1. The van der Waals surface area contributed by atoms with Gasteiger partial charge >= 0.3 is 0 Å². The first-order valence-electron chi connectivity index (χ1n) is 4.93. The van der Waals surface area contributed by atoms with E-state index in [1.807, 2.05) is 24.3 Å². The summed E-state index contributed by atoms with van der Waals surface area (Å²) >= 11 is 3.35. The molecule has 1 amide bonds. The van der Waals surface area contributed by atoms with Crippen molar-refractivity contribution in [1.29, 1.82) is 0 Å². The number of ether oxygens (including phenoxy) is 1. The molecule has 0 bridgehead atoms. The number of carbonyl (C=O) groups is 1. The van der Waals surface area contributed by atoms with Crippen LogP contribution in [0.15, 0.2) is 34.8 Å². The van der Waals surface area contributed by atoms with Crippen LogP contribution in [0.1, 0.15) is 5.56 Å². The third kappa shape index (κ3) is 5.09. The molecule has 4 heteroatoms. The lowest BCUT2D eigenvalue weighted by molar-refractivity contribution is -0.116. The number of hydrogen-bond donors (Lipinski definition) is 1. The summed E-state index contributed by atoms with van der Waals surface area (Å²) in [6.07, 6.45) is 3.29. The molecule has 0 saturated carbocycles. The number of nitrogens with one attached hydrogen (secondary N) is 1. The Morgan fingerprint density at radius 2 is 2.12 bits per heavy atom. The van der Waals surface area contributed by atoms with E-state index in [-0.39, 0.29) is 5.91 Å². The van der Waals surface area contributed by atoms with E-state index in [0.717, 1.165) is 10.0 Å². The molecular formula is C12H14BrNO2. The van der Waals surface area contributed by atoms with Crippen molar-refractivity contribution in [2.45, 2.75) is 0 Å². The van der Waals surface area contributed by atoms with Crippen LogP contribution in [0.2, 0.25) is 0 Å². The van der Waals surface area contributed by atoms with Gasteiger partial charge in [0.15, 0.2) is 0 Å². The van der Waals surface area contributed by atoms with Gasteiger partial charge in [-0.15, -0.1) is 0 Å². The first-order chi connectivity index (χ1) is 7.72. The van der Waals surface area contributed by atoms with Gasteiger partial charge in [-0.05, 0) is 23.8 Å². The molecule has 0 heterocycles. The minimum Gasteiger partial charge on any atom is -0.383 e. The fourth-order valence-corrected chi connectivity index (χ4v) is 1.35. The number of hydrogen-bond acceptors (Lipinski definition) is 2. The molecule has 86 valence electrons. The van der Waals surface area contributed by atoms with Crippen molar-refractivity contribution in [2.75, 3.05) is 20.3 Å². The molecule has 0 aliphatic rings. The van der Waals surface area contributed by atoms with Gasteiger partial charge in [0.05, 0.1) is 6.61 Å². The Balaban J connectivity index is 2.41. The number of halogens is 1. The van der Waals surface area contributed by atoms with Crippen LogP contribution >= 0.6 is 15.9 Å². The van der Waals surface area contributed by atoms with E-state index in [0.29, 0.717) is 13.2 Å². The van der Waals surface area contributed by atoms with E-state index in [1.165, 1.54) is 6.08 Å². The molecule has 1 aromatic rings. The highest BCUT2D eigenvalue weighted by molar-refractivity contribution is 9.10. The summed E-state index contributed by atoms with van der Waals surface area (Å²) < 4.78 is 5.85. The molecule has 0 aliphatic carbocycles. The summed E-state index contributed by atoms with van der Waals surface area (Å²) in [6.45, 7) is 1.05. The van der Waals surface area contributed by atoms with Gasteiger partial charge in [-0.2, -0.15) is 0 Å². The highest BCUT2D eigenvalue weighted by Gasteiger charge is 1.93. The largest absolute Gasteiger partial charge is 0.383 e. The van der Waals surface area contributed by atoms with Gasteiger partial charge in [0.1, 0.15) is 0 Å². The van der Waals surface area contributed by atoms with E-state index in [9.17, 15) is 4.79 Å². The van der Waals surface area contributed by atoms with Crippen LogP contribution < -0.4 is 5.32 Å². The molecule has 3 nitrogen and oxygen atoms in total. The predicted molar refractivity (Wildman–Crippen MR) is 68.1 cm³/mol. The molecule has 1 N–H and O–H groups in total. The van der Waals surface area contributed by atoms with E-state index in [2.05, 4.69) is 21.2 Å². The fourth-order valence-electron chi connectivity index (χ4n) is 1.08. The fraction of sp³-hybridized carbons (Fsp3) is 0.250. The van der Waals surface area contributed by atoms with Gasteiger partial charge in [0, 0.05) is 24.2 Å². The van der Waals surface area contributed by atoms with Crippen molar-refractivity contribution in [2.24, 2.45) is 0 Å². The van der Waals surface area contributed by atoms with Gasteiger partial charge in [-0.3, -0.25) is 4.79 Å². The lowest BCUT2D eigenvalue weighted by Gasteiger charge is -1.99. The summed E-state index contributed by atoms with van der Waals surface area (Å²) in [5, 5.41) is 2.71. The Bertz CT molecular complexity index is 360. The van der Waals surface area contributed by atoms with Crippen LogP contribution in [-0.2, 0) is 9.53 Å². The number of methoxy groups -OCH3 is 1. The Hall–Kier alpha value is -1.13. The first kappa shape index (κ1) is 12.9. The van der Waals surface area contributed by atoms with Crippen LogP contribution in [0.25, 0.3) is 6.08 Å². The van der Waals surface area contributed by atoms with Gasteiger partial charge in [0.25, 0.3) is 0 Å². The van der Waals surface area contributed by atoms with Crippen molar-refractivity contribution in [3.05, 3.63) is 40.4 Å². The Kier molecular flexibility index (Phi) is 5.82. The van der Waals surface area contributed by atoms with Crippen LogP contribution in [0.5, 0.6) is 0 Å². The molecular weight excluding hydrogens is 270 g/mol. The summed E-state index contributed by atoms with van der Waals surface area (Å²) in [5.74, 6) is -0.111. The van der Waals surface area contributed by atoms with Crippen molar-refractivity contribution < 1.29 is 9.53 Å². The van der Waals surface area contributed by atoms with Crippen molar-refractivity contribution >= 4 is 27.9 Å². The van der Waals surface area contributed by atoms with Crippen molar-refractivity contribution in [3.8, 4) is 0 Å². The van der Waals surface area contributed by atoms with Gasteiger partial charge in [-0.1, -0.05) is 28.1 Å². The Morgan fingerprint density at radius 1 is 1.44 bits per heavy atom. The molecule has 0 aromatic heterocycles. The number of amides is 1. The Morgan fingerprint density at radius 3 is 2.75 bits per heavy atom. The maximum Gasteiger partial charge on any atom is 0.244 e. The summed E-state index contributed by atoms with van der Waals surface area (Å²) in [6, 6.07) is 7.73. The Labute approximate surface area is 104 Å². The summed E-state index contributed by atoms with van der Waals surface area (Å²) in [5.41, 5.74) is 0.991. The minimum atomic E-state index is -0.111. The van der Waals surface area contributed by atoms with Gasteiger partial charge in [-0.25, -0.2) is 0 Å².